The molecule has 3 aliphatic heterocycles. The normalized spacial score (nSPS) is 26.8. The van der Waals surface area contributed by atoms with Gasteiger partial charge in [0.1, 0.15) is 11.8 Å². The van der Waals surface area contributed by atoms with Crippen molar-refractivity contribution < 1.29 is 14.3 Å². The number of fused-ring (bicyclic) bond motifs is 3. The van der Waals surface area contributed by atoms with Crippen LogP contribution in [0.2, 0.25) is 5.02 Å². The third kappa shape index (κ3) is 2.86. The van der Waals surface area contributed by atoms with Crippen molar-refractivity contribution in [3.8, 4) is 5.75 Å². The maximum atomic E-state index is 13.5. The molecule has 5 rings (SSSR count). The number of rotatable bonds is 4. The predicted molar refractivity (Wildman–Crippen MR) is 110 cm³/mol. The zero-order valence-corrected chi connectivity index (χ0v) is 16.9. The molecule has 0 unspecified atom stereocenters. The Morgan fingerprint density at radius 1 is 0.931 bits per heavy atom. The Balaban J connectivity index is 1.51. The Bertz CT molecular complexity index is 947. The van der Waals surface area contributed by atoms with Gasteiger partial charge < -0.3 is 4.74 Å². The first kappa shape index (κ1) is 18.6. The molecule has 3 fully saturated rings. The molecule has 29 heavy (non-hydrogen) atoms. The molecule has 6 nitrogen and oxygen atoms in total. The number of hydrogen-bond acceptors (Lipinski definition) is 5. The monoisotopic (exact) mass is 411 g/mol. The molecular weight excluding hydrogens is 390 g/mol. The molecule has 7 heteroatoms. The van der Waals surface area contributed by atoms with Crippen LogP contribution in [-0.2, 0) is 9.59 Å². The summed E-state index contributed by atoms with van der Waals surface area (Å²) in [5.41, 5.74) is 1.61. The number of ether oxygens (including phenoxy) is 1. The van der Waals surface area contributed by atoms with Crippen LogP contribution in [0.4, 0.5) is 5.69 Å². The van der Waals surface area contributed by atoms with Crippen molar-refractivity contribution in [2.75, 3.05) is 24.6 Å². The quantitative estimate of drug-likeness (QED) is 0.723. The van der Waals surface area contributed by atoms with Crippen molar-refractivity contribution in [1.29, 1.82) is 0 Å². The molecule has 2 amide bonds. The standard InChI is InChI=1S/C22H22ClN3O3/c1-2-29-17-10-8-16(9-11-17)26-21(27)18-19(14-4-6-15(23)7-5-14)24-12-3-13-25(24)20(18)22(26)28/h4-11,18-20H,2-3,12-13H2,1H3/t18-,19+,20+/m1/s1. The van der Waals surface area contributed by atoms with E-state index in [4.69, 9.17) is 16.3 Å². The van der Waals surface area contributed by atoms with Crippen LogP contribution >= 0.6 is 11.6 Å². The molecule has 3 atom stereocenters. The molecule has 0 saturated carbocycles. The Kier molecular flexibility index (Phi) is 4.57. The van der Waals surface area contributed by atoms with Crippen LogP contribution in [0.1, 0.15) is 24.9 Å². The Hall–Kier alpha value is -2.41. The topological polar surface area (TPSA) is 53.1 Å². The lowest BCUT2D eigenvalue weighted by Gasteiger charge is -2.29. The van der Waals surface area contributed by atoms with Gasteiger partial charge >= 0.3 is 0 Å². The van der Waals surface area contributed by atoms with Gasteiger partial charge in [-0.2, -0.15) is 0 Å². The van der Waals surface area contributed by atoms with Crippen molar-refractivity contribution in [3.05, 3.63) is 59.1 Å². The van der Waals surface area contributed by atoms with Gasteiger partial charge in [-0.1, -0.05) is 23.7 Å². The van der Waals surface area contributed by atoms with E-state index in [9.17, 15) is 9.59 Å². The van der Waals surface area contributed by atoms with Crippen LogP contribution in [0.3, 0.4) is 0 Å². The van der Waals surface area contributed by atoms with E-state index in [-0.39, 0.29) is 17.9 Å². The first-order valence-electron chi connectivity index (χ1n) is 9.99. The van der Waals surface area contributed by atoms with Crippen LogP contribution in [0.5, 0.6) is 5.75 Å². The second-order valence-corrected chi connectivity index (χ2v) is 8.02. The van der Waals surface area contributed by atoms with Gasteiger partial charge in [-0.05, 0) is 55.3 Å². The van der Waals surface area contributed by atoms with Crippen LogP contribution in [0, 0.1) is 5.92 Å². The Morgan fingerprint density at radius 2 is 1.59 bits per heavy atom. The molecule has 0 aromatic heterocycles. The smallest absolute Gasteiger partial charge is 0.253 e. The van der Waals surface area contributed by atoms with E-state index in [0.29, 0.717) is 17.3 Å². The average Bonchev–Trinajstić information content (AvgIpc) is 3.36. The summed E-state index contributed by atoms with van der Waals surface area (Å²) in [6.07, 6.45) is 0.984. The molecule has 3 aliphatic rings. The number of carbonyl (C=O) groups is 2. The zero-order chi connectivity index (χ0) is 20.1. The summed E-state index contributed by atoms with van der Waals surface area (Å²) in [4.78, 5) is 28.2. The number of benzene rings is 2. The minimum atomic E-state index is -0.447. The van der Waals surface area contributed by atoms with Crippen LogP contribution in [0.25, 0.3) is 0 Å². The second-order valence-electron chi connectivity index (χ2n) is 7.59. The second kappa shape index (κ2) is 7.13. The fraction of sp³-hybridized carbons (Fsp3) is 0.364. The Morgan fingerprint density at radius 3 is 2.24 bits per heavy atom. The van der Waals surface area contributed by atoms with E-state index in [1.807, 2.05) is 31.2 Å². The molecule has 3 saturated heterocycles. The molecule has 2 aromatic carbocycles. The van der Waals surface area contributed by atoms with E-state index < -0.39 is 12.0 Å². The van der Waals surface area contributed by atoms with Crippen molar-refractivity contribution in [3.63, 3.8) is 0 Å². The fourth-order valence-corrected chi connectivity index (χ4v) is 5.01. The first-order chi connectivity index (χ1) is 14.1. The van der Waals surface area contributed by atoms with E-state index in [1.54, 1.807) is 24.3 Å². The number of hydrogen-bond donors (Lipinski definition) is 0. The van der Waals surface area contributed by atoms with Crippen LogP contribution in [-0.4, -0.2) is 47.6 Å². The number of nitrogens with zero attached hydrogens (tertiary/aromatic N) is 3. The SMILES string of the molecule is CCOc1ccc(N2C(=O)[C@H]3[C@@H](C2=O)N2CCCN2[C@H]3c2ccc(Cl)cc2)cc1. The van der Waals surface area contributed by atoms with Gasteiger partial charge in [-0.3, -0.25) is 9.59 Å². The maximum absolute atomic E-state index is 13.5. The molecule has 0 radical (unpaired) electrons. The minimum absolute atomic E-state index is 0.140. The van der Waals surface area contributed by atoms with Crippen LogP contribution < -0.4 is 9.64 Å². The number of hydrazine groups is 1. The number of carbonyl (C=O) groups excluding carboxylic acids is 2. The highest BCUT2D eigenvalue weighted by molar-refractivity contribution is 6.30. The van der Waals surface area contributed by atoms with Crippen molar-refractivity contribution in [1.82, 2.24) is 10.0 Å². The molecule has 0 spiro atoms. The fourth-order valence-electron chi connectivity index (χ4n) is 4.89. The van der Waals surface area contributed by atoms with Crippen molar-refractivity contribution >= 4 is 29.1 Å². The highest BCUT2D eigenvalue weighted by Gasteiger charge is 2.62. The lowest BCUT2D eigenvalue weighted by molar-refractivity contribution is -0.126. The summed E-state index contributed by atoms with van der Waals surface area (Å²) in [6.45, 7) is 4.13. The molecular formula is C22H22ClN3O3. The first-order valence-corrected chi connectivity index (χ1v) is 10.4. The Labute approximate surface area is 174 Å². The van der Waals surface area contributed by atoms with Gasteiger partial charge in [0.15, 0.2) is 0 Å². The molecule has 3 heterocycles. The van der Waals surface area contributed by atoms with Crippen molar-refractivity contribution in [2.45, 2.75) is 25.4 Å². The lowest BCUT2D eigenvalue weighted by atomic mass is 9.90. The third-order valence-electron chi connectivity index (χ3n) is 6.02. The highest BCUT2D eigenvalue weighted by atomic mass is 35.5. The zero-order valence-electron chi connectivity index (χ0n) is 16.1. The van der Waals surface area contributed by atoms with Gasteiger partial charge in [-0.25, -0.2) is 14.9 Å². The number of amides is 2. The maximum Gasteiger partial charge on any atom is 0.253 e. The number of imide groups is 1. The minimum Gasteiger partial charge on any atom is -0.494 e. The largest absolute Gasteiger partial charge is 0.494 e. The predicted octanol–water partition coefficient (Wildman–Crippen LogP) is 3.27. The summed E-state index contributed by atoms with van der Waals surface area (Å²) < 4.78 is 5.48. The summed E-state index contributed by atoms with van der Waals surface area (Å²) in [7, 11) is 0. The number of halogens is 1. The molecule has 0 N–H and O–H groups in total. The number of anilines is 1. The summed E-state index contributed by atoms with van der Waals surface area (Å²) in [5.74, 6) is 0.0156. The van der Waals surface area contributed by atoms with E-state index in [0.717, 1.165) is 30.8 Å². The van der Waals surface area contributed by atoms with E-state index >= 15 is 0 Å². The third-order valence-corrected chi connectivity index (χ3v) is 6.28. The van der Waals surface area contributed by atoms with Gasteiger partial charge in [0.2, 0.25) is 5.91 Å². The summed E-state index contributed by atoms with van der Waals surface area (Å²) in [5, 5.41) is 4.95. The highest BCUT2D eigenvalue weighted by Crippen LogP contribution is 2.49. The van der Waals surface area contributed by atoms with Crippen LogP contribution in [0.15, 0.2) is 48.5 Å². The van der Waals surface area contributed by atoms with Gasteiger partial charge in [0.05, 0.1) is 24.3 Å². The van der Waals surface area contributed by atoms with E-state index in [2.05, 4.69) is 10.0 Å². The molecule has 0 bridgehead atoms. The van der Waals surface area contributed by atoms with Crippen molar-refractivity contribution in [2.24, 2.45) is 5.92 Å². The van der Waals surface area contributed by atoms with Gasteiger partial charge in [-0.15, -0.1) is 0 Å². The molecule has 2 aromatic rings. The molecule has 150 valence electrons. The van der Waals surface area contributed by atoms with Gasteiger partial charge in [0, 0.05) is 18.1 Å². The molecule has 0 aliphatic carbocycles. The van der Waals surface area contributed by atoms with Gasteiger partial charge in [0.25, 0.3) is 5.91 Å². The lowest BCUT2D eigenvalue weighted by Crippen LogP contribution is -2.44. The van der Waals surface area contributed by atoms with E-state index in [1.165, 1.54) is 4.90 Å². The summed E-state index contributed by atoms with van der Waals surface area (Å²) >= 11 is 6.07. The average molecular weight is 412 g/mol. The summed E-state index contributed by atoms with van der Waals surface area (Å²) in [6, 6.07) is 14.2.